The summed E-state index contributed by atoms with van der Waals surface area (Å²) in [5, 5.41) is 13.8. The molecule has 3 fully saturated rings. The number of aromatic nitrogens is 1. The molecule has 1 aliphatic carbocycles. The summed E-state index contributed by atoms with van der Waals surface area (Å²) in [6.07, 6.45) is 5.79. The first-order valence-corrected chi connectivity index (χ1v) is 16.6. The van der Waals surface area contributed by atoms with Crippen molar-refractivity contribution in [3.63, 3.8) is 0 Å². The maximum atomic E-state index is 14.6. The number of halogens is 2. The molecule has 1 atom stereocenters. The molecule has 0 bridgehead atoms. The third-order valence-electron chi connectivity index (χ3n) is 9.62. The molecule has 240 valence electrons. The number of nitrogens with one attached hydrogen (secondary N) is 1. The fourth-order valence-corrected chi connectivity index (χ4v) is 7.68. The van der Waals surface area contributed by atoms with E-state index in [1.165, 1.54) is 0 Å². The van der Waals surface area contributed by atoms with Gasteiger partial charge in [0.25, 0.3) is 5.91 Å². The summed E-state index contributed by atoms with van der Waals surface area (Å²) in [6, 6.07) is 10.9. The predicted molar refractivity (Wildman–Crippen MR) is 175 cm³/mol. The average molecular weight is 656 g/mol. The largest absolute Gasteiger partial charge is 0.481 e. The van der Waals surface area contributed by atoms with Crippen molar-refractivity contribution in [3.8, 4) is 0 Å². The second-order valence-corrected chi connectivity index (χ2v) is 13.7. The van der Waals surface area contributed by atoms with Gasteiger partial charge >= 0.3 is 5.97 Å². The number of aryl methyl sites for hydroxylation is 1. The molecule has 0 spiro atoms. The number of ether oxygens (including phenoxy) is 1. The SMILES string of the molecule is CC1CN(C(OC2CCC(C(=O)O)CC2)(C(=O)Cc2cc(Cl)c(NC(=O)c3cn(C)c4ccccc34)cc2Cl)N2CCCC2)C1. The van der Waals surface area contributed by atoms with Gasteiger partial charge in [-0.3, -0.25) is 24.2 Å². The van der Waals surface area contributed by atoms with Crippen LogP contribution in [0.25, 0.3) is 10.9 Å². The van der Waals surface area contributed by atoms with Crippen molar-refractivity contribution < 1.29 is 24.2 Å². The van der Waals surface area contributed by atoms with Crippen LogP contribution in [0.2, 0.25) is 10.0 Å². The Kier molecular flexibility index (Phi) is 9.28. The quantitative estimate of drug-likeness (QED) is 0.268. The van der Waals surface area contributed by atoms with E-state index in [0.29, 0.717) is 53.4 Å². The highest BCUT2D eigenvalue weighted by Crippen LogP contribution is 2.40. The van der Waals surface area contributed by atoms with E-state index in [4.69, 9.17) is 27.9 Å². The minimum atomic E-state index is -1.25. The van der Waals surface area contributed by atoms with Crippen molar-refractivity contribution in [2.75, 3.05) is 31.5 Å². The highest BCUT2D eigenvalue weighted by molar-refractivity contribution is 6.36. The molecule has 6 rings (SSSR count). The van der Waals surface area contributed by atoms with Gasteiger partial charge in [-0.05, 0) is 68.2 Å². The second-order valence-electron chi connectivity index (χ2n) is 12.9. The maximum absolute atomic E-state index is 14.6. The van der Waals surface area contributed by atoms with Crippen molar-refractivity contribution in [3.05, 3.63) is 63.8 Å². The van der Waals surface area contributed by atoms with Crippen LogP contribution < -0.4 is 5.32 Å². The van der Waals surface area contributed by atoms with Gasteiger partial charge in [-0.15, -0.1) is 0 Å². The summed E-state index contributed by atoms with van der Waals surface area (Å²) in [5.74, 6) is -2.36. The van der Waals surface area contributed by atoms with Crippen LogP contribution in [0.4, 0.5) is 5.69 Å². The predicted octanol–water partition coefficient (Wildman–Crippen LogP) is 6.21. The summed E-state index contributed by atoms with van der Waals surface area (Å²) in [7, 11) is 1.89. The number of fused-ring (bicyclic) bond motifs is 1. The monoisotopic (exact) mass is 654 g/mol. The van der Waals surface area contributed by atoms with Gasteiger partial charge < -0.3 is 19.7 Å². The molecule has 1 aromatic heterocycles. The summed E-state index contributed by atoms with van der Waals surface area (Å²) in [6.45, 7) is 5.12. The Labute approximate surface area is 273 Å². The first-order chi connectivity index (χ1) is 21.6. The van der Waals surface area contributed by atoms with Crippen LogP contribution in [0.15, 0.2) is 42.6 Å². The molecule has 2 aromatic carbocycles. The van der Waals surface area contributed by atoms with Crippen LogP contribution in [0.5, 0.6) is 0 Å². The Morgan fingerprint density at radius 2 is 1.69 bits per heavy atom. The van der Waals surface area contributed by atoms with Crippen molar-refractivity contribution in [2.45, 2.75) is 63.8 Å². The number of carboxylic acid groups (broad SMARTS) is 1. The third-order valence-corrected chi connectivity index (χ3v) is 10.3. The molecule has 2 saturated heterocycles. The van der Waals surface area contributed by atoms with Gasteiger partial charge in [0.2, 0.25) is 5.85 Å². The normalized spacial score (nSPS) is 22.7. The van der Waals surface area contributed by atoms with E-state index in [9.17, 15) is 19.5 Å². The third kappa shape index (κ3) is 6.25. The average Bonchev–Trinajstić information content (AvgIpc) is 3.66. The molecule has 2 aliphatic heterocycles. The van der Waals surface area contributed by atoms with Gasteiger partial charge in [0.15, 0.2) is 5.78 Å². The van der Waals surface area contributed by atoms with Crippen molar-refractivity contribution in [1.29, 1.82) is 0 Å². The zero-order valence-corrected chi connectivity index (χ0v) is 27.2. The van der Waals surface area contributed by atoms with E-state index in [-0.39, 0.29) is 35.2 Å². The van der Waals surface area contributed by atoms with Gasteiger partial charge in [0.1, 0.15) is 0 Å². The summed E-state index contributed by atoms with van der Waals surface area (Å²) in [4.78, 5) is 43.7. The number of hydrogen-bond acceptors (Lipinski definition) is 6. The molecule has 2 N–H and O–H groups in total. The van der Waals surface area contributed by atoms with E-state index < -0.39 is 11.8 Å². The van der Waals surface area contributed by atoms with Crippen LogP contribution in [0, 0.1) is 11.8 Å². The van der Waals surface area contributed by atoms with E-state index in [1.807, 2.05) is 35.9 Å². The zero-order chi connectivity index (χ0) is 31.9. The molecule has 3 heterocycles. The number of para-hydroxylation sites is 1. The number of nitrogens with zero attached hydrogens (tertiary/aromatic N) is 3. The Bertz CT molecular complexity index is 1610. The highest BCUT2D eigenvalue weighted by atomic mass is 35.5. The molecule has 3 aliphatic rings. The topological polar surface area (TPSA) is 104 Å². The lowest BCUT2D eigenvalue weighted by atomic mass is 9.87. The summed E-state index contributed by atoms with van der Waals surface area (Å²) >= 11 is 13.5. The zero-order valence-electron chi connectivity index (χ0n) is 25.7. The first-order valence-electron chi connectivity index (χ1n) is 15.8. The molecule has 11 heteroatoms. The minimum Gasteiger partial charge on any atom is -0.481 e. The molecule has 45 heavy (non-hydrogen) atoms. The van der Waals surface area contributed by atoms with Gasteiger partial charge in [-0.1, -0.05) is 48.3 Å². The number of rotatable bonds is 10. The Hall–Kier alpha value is -2.95. The fraction of sp³-hybridized carbons (Fsp3) is 0.500. The Morgan fingerprint density at radius 1 is 1.00 bits per heavy atom. The second kappa shape index (κ2) is 13.0. The highest BCUT2D eigenvalue weighted by Gasteiger charge is 2.55. The summed E-state index contributed by atoms with van der Waals surface area (Å²) < 4.78 is 8.79. The molecule has 1 amide bonds. The molecule has 3 aromatic rings. The fourth-order valence-electron chi connectivity index (χ4n) is 7.21. The molecular weight excluding hydrogens is 615 g/mol. The van der Waals surface area contributed by atoms with E-state index in [1.54, 1.807) is 18.3 Å². The Morgan fingerprint density at radius 3 is 2.36 bits per heavy atom. The number of hydrogen-bond donors (Lipinski definition) is 2. The number of aliphatic carboxylic acids is 1. The molecule has 1 saturated carbocycles. The number of Topliss-reactive ketones (excluding diaryl/α,β-unsaturated/α-hetero) is 1. The van der Waals surface area contributed by atoms with Crippen LogP contribution in [0.1, 0.15) is 61.4 Å². The lowest BCUT2D eigenvalue weighted by Crippen LogP contribution is -2.72. The van der Waals surface area contributed by atoms with Gasteiger partial charge in [0, 0.05) is 61.8 Å². The van der Waals surface area contributed by atoms with Crippen LogP contribution >= 0.6 is 23.2 Å². The van der Waals surface area contributed by atoms with E-state index in [0.717, 1.165) is 49.9 Å². The van der Waals surface area contributed by atoms with Gasteiger partial charge in [0.05, 0.1) is 28.3 Å². The summed E-state index contributed by atoms with van der Waals surface area (Å²) in [5.41, 5.74) is 2.39. The number of carbonyl (C=O) groups excluding carboxylic acids is 2. The molecular formula is C34H40Cl2N4O5. The molecule has 0 radical (unpaired) electrons. The number of amides is 1. The van der Waals surface area contributed by atoms with E-state index in [2.05, 4.69) is 22.0 Å². The van der Waals surface area contributed by atoms with Crippen molar-refractivity contribution in [1.82, 2.24) is 14.4 Å². The number of anilines is 1. The molecule has 9 nitrogen and oxygen atoms in total. The first kappa shape index (κ1) is 32.0. The molecule has 1 unspecified atom stereocenters. The number of ketones is 1. The smallest absolute Gasteiger partial charge is 0.306 e. The number of benzene rings is 2. The number of carbonyl (C=O) groups is 3. The maximum Gasteiger partial charge on any atom is 0.306 e. The standard InChI is InChI=1S/C34H40Cl2N4O5/c1-21-18-40(19-21)34(39-13-5-6-14-39,45-24-11-9-22(10-12-24)33(43)44)31(41)16-23-15-28(36)29(17-27(23)35)37-32(42)26-20-38(2)30-8-4-3-7-25(26)30/h3-4,7-8,15,17,20-22,24H,5-6,9-14,16,18-19H2,1-2H3,(H,37,42)(H,43,44). The van der Waals surface area contributed by atoms with Gasteiger partial charge in [-0.2, -0.15) is 0 Å². The Balaban J connectivity index is 1.25. The van der Waals surface area contributed by atoms with Crippen LogP contribution in [0.3, 0.4) is 0 Å². The number of likely N-dealkylation sites (tertiary alicyclic amines) is 2. The minimum absolute atomic E-state index is 0.00194. The number of carboxylic acids is 1. The lowest BCUT2D eigenvalue weighted by molar-refractivity contribution is -0.274. The lowest BCUT2D eigenvalue weighted by Gasteiger charge is -2.55. The van der Waals surface area contributed by atoms with E-state index >= 15 is 0 Å². The van der Waals surface area contributed by atoms with Crippen molar-refractivity contribution >= 4 is 57.5 Å². The van der Waals surface area contributed by atoms with Crippen LogP contribution in [-0.4, -0.2) is 75.3 Å². The van der Waals surface area contributed by atoms with Crippen molar-refractivity contribution in [2.24, 2.45) is 18.9 Å². The van der Waals surface area contributed by atoms with Gasteiger partial charge in [-0.25, -0.2) is 0 Å². The van der Waals surface area contributed by atoms with Crippen LogP contribution in [-0.2, 0) is 27.8 Å².